The molecule has 0 saturated heterocycles. The average Bonchev–Trinajstić information content (AvgIpc) is 2.02. The second-order valence-electron chi connectivity index (χ2n) is 3.38. The second kappa shape index (κ2) is 2.73. The lowest BCUT2D eigenvalue weighted by molar-refractivity contribution is 1.34. The van der Waals surface area contributed by atoms with Crippen LogP contribution < -0.4 is 5.73 Å². The maximum absolute atomic E-state index is 5.80. The van der Waals surface area contributed by atoms with E-state index in [0.29, 0.717) is 5.82 Å². The quantitative estimate of drug-likeness (QED) is 0.662. The summed E-state index contributed by atoms with van der Waals surface area (Å²) in [7, 11) is 0. The predicted octanol–water partition coefficient (Wildman–Crippen LogP) is 2.43. The maximum Gasteiger partial charge on any atom is 0.131 e. The predicted molar refractivity (Wildman–Crippen MR) is 55.6 cm³/mol. The number of anilines is 1. The Labute approximate surface area is 77.4 Å². The number of aryl methyl sites for hydroxylation is 2. The van der Waals surface area contributed by atoms with Gasteiger partial charge >= 0.3 is 0 Å². The lowest BCUT2D eigenvalue weighted by atomic mass is 10.0. The Hall–Kier alpha value is -1.57. The number of benzene rings is 1. The molecule has 2 heteroatoms. The van der Waals surface area contributed by atoms with Gasteiger partial charge in [-0.05, 0) is 30.9 Å². The van der Waals surface area contributed by atoms with Crippen LogP contribution in [0.5, 0.6) is 0 Å². The molecule has 0 radical (unpaired) electrons. The van der Waals surface area contributed by atoms with Gasteiger partial charge in [0.1, 0.15) is 5.82 Å². The van der Waals surface area contributed by atoms with Crippen LogP contribution in [0.1, 0.15) is 11.1 Å². The number of hydrogen-bond acceptors (Lipinski definition) is 2. The first kappa shape index (κ1) is 8.05. The molecule has 2 nitrogen and oxygen atoms in total. The number of rotatable bonds is 0. The summed E-state index contributed by atoms with van der Waals surface area (Å²) in [5.74, 6) is 0.620. The van der Waals surface area contributed by atoms with Gasteiger partial charge < -0.3 is 5.73 Å². The van der Waals surface area contributed by atoms with Crippen molar-refractivity contribution in [3.8, 4) is 0 Å². The summed E-state index contributed by atoms with van der Waals surface area (Å²) in [6.07, 6.45) is 1.75. The molecule has 0 aliphatic carbocycles. The molecule has 0 aliphatic heterocycles. The van der Waals surface area contributed by atoms with Crippen molar-refractivity contribution in [1.29, 1.82) is 0 Å². The Bertz CT molecular complexity index is 461. The van der Waals surface area contributed by atoms with Crippen molar-refractivity contribution in [2.75, 3.05) is 5.73 Å². The van der Waals surface area contributed by atoms with E-state index in [-0.39, 0.29) is 0 Å². The number of fused-ring (bicyclic) bond motifs is 1. The number of nitrogen functional groups attached to an aromatic ring is 1. The summed E-state index contributed by atoms with van der Waals surface area (Å²) < 4.78 is 0. The number of aromatic nitrogens is 1. The second-order valence-corrected chi connectivity index (χ2v) is 3.38. The van der Waals surface area contributed by atoms with Crippen LogP contribution in [0.2, 0.25) is 0 Å². The third-order valence-corrected chi connectivity index (χ3v) is 2.23. The monoisotopic (exact) mass is 172 g/mol. The fourth-order valence-electron chi connectivity index (χ4n) is 1.74. The molecule has 2 N–H and O–H groups in total. The Morgan fingerprint density at radius 3 is 2.77 bits per heavy atom. The smallest absolute Gasteiger partial charge is 0.131 e. The van der Waals surface area contributed by atoms with Crippen LogP contribution in [0.4, 0.5) is 5.82 Å². The van der Waals surface area contributed by atoms with E-state index < -0.39 is 0 Å². The van der Waals surface area contributed by atoms with E-state index >= 15 is 0 Å². The number of hydrogen-bond donors (Lipinski definition) is 1. The SMILES string of the molecule is Cc1cc(C)c2c(N)nccc2c1. The topological polar surface area (TPSA) is 38.9 Å². The normalized spacial score (nSPS) is 10.6. The summed E-state index contributed by atoms with van der Waals surface area (Å²) in [4.78, 5) is 4.08. The van der Waals surface area contributed by atoms with E-state index in [9.17, 15) is 0 Å². The van der Waals surface area contributed by atoms with Crippen molar-refractivity contribution in [1.82, 2.24) is 4.98 Å². The molecule has 0 amide bonds. The van der Waals surface area contributed by atoms with E-state index in [4.69, 9.17) is 5.73 Å². The highest BCUT2D eigenvalue weighted by molar-refractivity contribution is 5.93. The van der Waals surface area contributed by atoms with Crippen LogP contribution in [0.3, 0.4) is 0 Å². The Morgan fingerprint density at radius 1 is 1.23 bits per heavy atom. The van der Waals surface area contributed by atoms with Gasteiger partial charge in [-0.2, -0.15) is 0 Å². The molecule has 0 aliphatic rings. The van der Waals surface area contributed by atoms with Gasteiger partial charge in [0, 0.05) is 11.6 Å². The van der Waals surface area contributed by atoms with Crippen molar-refractivity contribution < 1.29 is 0 Å². The third-order valence-electron chi connectivity index (χ3n) is 2.23. The number of nitrogens with zero attached hydrogens (tertiary/aromatic N) is 1. The zero-order chi connectivity index (χ0) is 9.42. The highest BCUT2D eigenvalue weighted by atomic mass is 14.8. The molecule has 0 fully saturated rings. The molecule has 66 valence electrons. The molecule has 1 aromatic carbocycles. The standard InChI is InChI=1S/C11H12N2/c1-7-5-8(2)10-9(6-7)3-4-13-11(10)12/h3-6H,1-2H3,(H2,12,13). The molecule has 0 bridgehead atoms. The molecule has 0 saturated carbocycles. The molecule has 0 unspecified atom stereocenters. The molecule has 0 spiro atoms. The minimum Gasteiger partial charge on any atom is -0.383 e. The van der Waals surface area contributed by atoms with Gasteiger partial charge in [-0.1, -0.05) is 17.7 Å². The zero-order valence-electron chi connectivity index (χ0n) is 7.83. The first-order valence-corrected chi connectivity index (χ1v) is 4.30. The summed E-state index contributed by atoms with van der Waals surface area (Å²) in [6, 6.07) is 6.24. The Kier molecular flexibility index (Phi) is 1.69. The molecule has 2 rings (SSSR count). The van der Waals surface area contributed by atoms with Crippen LogP contribution in [-0.2, 0) is 0 Å². The number of pyridine rings is 1. The summed E-state index contributed by atoms with van der Waals surface area (Å²) >= 11 is 0. The molecular formula is C11H12N2. The average molecular weight is 172 g/mol. The van der Waals surface area contributed by atoms with E-state index in [0.717, 1.165) is 5.39 Å². The Balaban J connectivity index is 2.94. The largest absolute Gasteiger partial charge is 0.383 e. The van der Waals surface area contributed by atoms with Crippen LogP contribution in [0.15, 0.2) is 24.4 Å². The minimum atomic E-state index is 0.620. The summed E-state index contributed by atoms with van der Waals surface area (Å²) in [5.41, 5.74) is 8.25. The van der Waals surface area contributed by atoms with Crippen molar-refractivity contribution in [2.24, 2.45) is 0 Å². The van der Waals surface area contributed by atoms with Crippen molar-refractivity contribution in [3.63, 3.8) is 0 Å². The minimum absolute atomic E-state index is 0.620. The van der Waals surface area contributed by atoms with Crippen molar-refractivity contribution in [2.45, 2.75) is 13.8 Å². The first-order chi connectivity index (χ1) is 6.18. The van der Waals surface area contributed by atoms with Crippen LogP contribution in [0.25, 0.3) is 10.8 Å². The van der Waals surface area contributed by atoms with Crippen molar-refractivity contribution in [3.05, 3.63) is 35.5 Å². The third kappa shape index (κ3) is 1.24. The zero-order valence-corrected chi connectivity index (χ0v) is 7.83. The number of nitrogens with two attached hydrogens (primary N) is 1. The lowest BCUT2D eigenvalue weighted by Crippen LogP contribution is -1.93. The molecular weight excluding hydrogens is 160 g/mol. The molecule has 2 aromatic rings. The van der Waals surface area contributed by atoms with E-state index in [1.165, 1.54) is 16.5 Å². The van der Waals surface area contributed by atoms with Gasteiger partial charge in [-0.15, -0.1) is 0 Å². The van der Waals surface area contributed by atoms with E-state index in [1.807, 2.05) is 6.07 Å². The Morgan fingerprint density at radius 2 is 2.00 bits per heavy atom. The fourth-order valence-corrected chi connectivity index (χ4v) is 1.74. The van der Waals surface area contributed by atoms with E-state index in [1.54, 1.807) is 6.20 Å². The highest BCUT2D eigenvalue weighted by Crippen LogP contribution is 2.23. The van der Waals surface area contributed by atoms with Gasteiger partial charge in [-0.25, -0.2) is 4.98 Å². The highest BCUT2D eigenvalue weighted by Gasteiger charge is 2.02. The molecule has 1 heterocycles. The van der Waals surface area contributed by atoms with Gasteiger partial charge in [-0.3, -0.25) is 0 Å². The van der Waals surface area contributed by atoms with Gasteiger partial charge in [0.2, 0.25) is 0 Å². The van der Waals surface area contributed by atoms with Crippen LogP contribution in [0, 0.1) is 13.8 Å². The maximum atomic E-state index is 5.80. The van der Waals surface area contributed by atoms with Crippen LogP contribution >= 0.6 is 0 Å². The first-order valence-electron chi connectivity index (χ1n) is 4.30. The fraction of sp³-hybridized carbons (Fsp3) is 0.182. The van der Waals surface area contributed by atoms with Crippen LogP contribution in [-0.4, -0.2) is 4.98 Å². The summed E-state index contributed by atoms with van der Waals surface area (Å²) in [6.45, 7) is 4.15. The van der Waals surface area contributed by atoms with E-state index in [2.05, 4.69) is 31.0 Å². The van der Waals surface area contributed by atoms with Gasteiger partial charge in [0.25, 0.3) is 0 Å². The molecule has 13 heavy (non-hydrogen) atoms. The molecule has 1 aromatic heterocycles. The summed E-state index contributed by atoms with van der Waals surface area (Å²) in [5, 5.41) is 2.25. The lowest BCUT2D eigenvalue weighted by Gasteiger charge is -2.05. The van der Waals surface area contributed by atoms with Gasteiger partial charge in [0.05, 0.1) is 0 Å². The molecule has 0 atom stereocenters. The van der Waals surface area contributed by atoms with Crippen molar-refractivity contribution >= 4 is 16.6 Å². The van der Waals surface area contributed by atoms with Gasteiger partial charge in [0.15, 0.2) is 0 Å².